The van der Waals surface area contributed by atoms with E-state index in [1.54, 1.807) is 0 Å². The lowest BCUT2D eigenvalue weighted by Crippen LogP contribution is -2.28. The van der Waals surface area contributed by atoms with Crippen molar-refractivity contribution < 1.29 is 0 Å². The summed E-state index contributed by atoms with van der Waals surface area (Å²) in [6.07, 6.45) is 4.09. The summed E-state index contributed by atoms with van der Waals surface area (Å²) in [5.41, 5.74) is 0.959. The van der Waals surface area contributed by atoms with E-state index in [9.17, 15) is 0 Å². The minimum absolute atomic E-state index is 0.154. The summed E-state index contributed by atoms with van der Waals surface area (Å²) in [6, 6.07) is 1.92. The molecule has 0 spiro atoms. The fourth-order valence-electron chi connectivity index (χ4n) is 1.73. The minimum Gasteiger partial charge on any atom is -0.317 e. The number of aliphatic imine (C=N–C) groups is 2. The van der Waals surface area contributed by atoms with Crippen LogP contribution in [0.15, 0.2) is 21.8 Å². The molecule has 1 heterocycles. The molecule has 0 aromatic heterocycles. The zero-order valence-corrected chi connectivity index (χ0v) is 9.03. The molecular weight excluding hydrogens is 188 g/mol. The SMILES string of the molecule is C=NC(C#N)=N/C(=C\C)C1CCNCC1. The Morgan fingerprint density at radius 1 is 1.53 bits per heavy atom. The van der Waals surface area contributed by atoms with Gasteiger partial charge in [-0.05, 0) is 39.6 Å². The Hall–Kier alpha value is -1.47. The lowest BCUT2D eigenvalue weighted by Gasteiger charge is -2.22. The van der Waals surface area contributed by atoms with E-state index in [0.29, 0.717) is 5.92 Å². The van der Waals surface area contributed by atoms with Crippen LogP contribution < -0.4 is 5.32 Å². The number of nitrogens with zero attached hydrogens (tertiary/aromatic N) is 3. The summed E-state index contributed by atoms with van der Waals surface area (Å²) in [5.74, 6) is 0.600. The second kappa shape index (κ2) is 6.10. The predicted molar refractivity (Wildman–Crippen MR) is 61.9 cm³/mol. The third kappa shape index (κ3) is 3.30. The van der Waals surface area contributed by atoms with Crippen LogP contribution in [-0.2, 0) is 0 Å². The van der Waals surface area contributed by atoms with Crippen LogP contribution in [0, 0.1) is 17.2 Å². The Kier molecular flexibility index (Phi) is 4.72. The molecule has 0 aliphatic carbocycles. The smallest absolute Gasteiger partial charge is 0.231 e. The van der Waals surface area contributed by atoms with Crippen LogP contribution in [-0.4, -0.2) is 25.6 Å². The number of rotatable bonds is 2. The molecule has 1 rings (SSSR count). The van der Waals surface area contributed by atoms with E-state index in [0.717, 1.165) is 31.6 Å². The van der Waals surface area contributed by atoms with Crippen molar-refractivity contribution in [1.82, 2.24) is 5.32 Å². The Bertz CT molecular complexity index is 316. The van der Waals surface area contributed by atoms with Gasteiger partial charge >= 0.3 is 0 Å². The van der Waals surface area contributed by atoms with Crippen LogP contribution in [0.3, 0.4) is 0 Å². The first-order valence-corrected chi connectivity index (χ1v) is 5.14. The number of piperidine rings is 1. The number of allylic oxidation sites excluding steroid dienone is 2. The molecule has 0 aromatic carbocycles. The molecule has 1 aliphatic rings. The van der Waals surface area contributed by atoms with Gasteiger partial charge in [0.15, 0.2) is 0 Å². The van der Waals surface area contributed by atoms with Gasteiger partial charge in [0.2, 0.25) is 5.84 Å². The van der Waals surface area contributed by atoms with Gasteiger partial charge in [-0.2, -0.15) is 5.26 Å². The van der Waals surface area contributed by atoms with Crippen LogP contribution >= 0.6 is 0 Å². The van der Waals surface area contributed by atoms with E-state index < -0.39 is 0 Å². The maximum absolute atomic E-state index is 8.71. The number of hydrogen-bond acceptors (Lipinski definition) is 3. The number of hydrogen-bond donors (Lipinski definition) is 1. The van der Waals surface area contributed by atoms with Crippen molar-refractivity contribution in [3.8, 4) is 6.07 Å². The maximum atomic E-state index is 8.71. The minimum atomic E-state index is 0.154. The first-order chi connectivity index (χ1) is 7.31. The van der Waals surface area contributed by atoms with Crippen LogP contribution in [0.5, 0.6) is 0 Å². The molecule has 0 amide bonds. The quantitative estimate of drug-likeness (QED) is 0.547. The molecule has 1 saturated heterocycles. The second-order valence-corrected chi connectivity index (χ2v) is 3.44. The van der Waals surface area contributed by atoms with E-state index in [1.165, 1.54) is 0 Å². The standard InChI is InChI=1S/C11H16N4/c1-3-10(15-11(8-12)13-2)9-4-6-14-7-5-9/h3,9,14H,2,4-7H2,1H3/b10-3-,15-11?. The van der Waals surface area contributed by atoms with E-state index in [2.05, 4.69) is 22.0 Å². The maximum Gasteiger partial charge on any atom is 0.231 e. The van der Waals surface area contributed by atoms with Crippen molar-refractivity contribution in [2.75, 3.05) is 13.1 Å². The Morgan fingerprint density at radius 3 is 2.67 bits per heavy atom. The van der Waals surface area contributed by atoms with Gasteiger partial charge < -0.3 is 5.32 Å². The first kappa shape index (κ1) is 11.6. The van der Waals surface area contributed by atoms with Crippen LogP contribution in [0.4, 0.5) is 0 Å². The average Bonchev–Trinajstić information content (AvgIpc) is 2.32. The van der Waals surface area contributed by atoms with Crippen molar-refractivity contribution in [2.45, 2.75) is 19.8 Å². The zero-order valence-electron chi connectivity index (χ0n) is 9.03. The largest absolute Gasteiger partial charge is 0.317 e. The lowest BCUT2D eigenvalue weighted by molar-refractivity contribution is 0.417. The van der Waals surface area contributed by atoms with E-state index >= 15 is 0 Å². The van der Waals surface area contributed by atoms with Gasteiger partial charge in [-0.25, -0.2) is 9.98 Å². The highest BCUT2D eigenvalue weighted by Crippen LogP contribution is 2.22. The topological polar surface area (TPSA) is 60.5 Å². The molecular formula is C11H16N4. The molecule has 0 aromatic rings. The molecule has 80 valence electrons. The van der Waals surface area contributed by atoms with Crippen molar-refractivity contribution in [1.29, 1.82) is 5.26 Å². The van der Waals surface area contributed by atoms with Gasteiger partial charge in [0, 0.05) is 11.6 Å². The fourth-order valence-corrected chi connectivity index (χ4v) is 1.73. The highest BCUT2D eigenvalue weighted by atomic mass is 14.9. The highest BCUT2D eigenvalue weighted by molar-refractivity contribution is 5.99. The molecule has 1 N–H and O–H groups in total. The average molecular weight is 204 g/mol. The number of amidine groups is 1. The summed E-state index contributed by atoms with van der Waals surface area (Å²) in [6.45, 7) is 7.29. The molecule has 0 atom stereocenters. The van der Waals surface area contributed by atoms with Gasteiger partial charge in [-0.15, -0.1) is 0 Å². The van der Waals surface area contributed by atoms with Gasteiger partial charge in [0.1, 0.15) is 6.07 Å². The van der Waals surface area contributed by atoms with Gasteiger partial charge in [0.05, 0.1) is 0 Å². The van der Waals surface area contributed by atoms with Crippen LogP contribution in [0.1, 0.15) is 19.8 Å². The lowest BCUT2D eigenvalue weighted by atomic mass is 9.94. The third-order valence-corrected chi connectivity index (χ3v) is 2.54. The summed E-state index contributed by atoms with van der Waals surface area (Å²) in [5, 5.41) is 12.0. The highest BCUT2D eigenvalue weighted by Gasteiger charge is 2.16. The zero-order chi connectivity index (χ0) is 11.1. The van der Waals surface area contributed by atoms with E-state index in [1.807, 2.05) is 19.1 Å². The predicted octanol–water partition coefficient (Wildman–Crippen LogP) is 1.51. The Labute approximate surface area is 90.4 Å². The molecule has 0 saturated carbocycles. The monoisotopic (exact) mass is 204 g/mol. The second-order valence-electron chi connectivity index (χ2n) is 3.44. The fraction of sp³-hybridized carbons (Fsp3) is 0.545. The molecule has 15 heavy (non-hydrogen) atoms. The van der Waals surface area contributed by atoms with Crippen molar-refractivity contribution in [3.63, 3.8) is 0 Å². The van der Waals surface area contributed by atoms with Crippen molar-refractivity contribution >= 4 is 12.6 Å². The third-order valence-electron chi connectivity index (χ3n) is 2.54. The van der Waals surface area contributed by atoms with E-state index in [4.69, 9.17) is 5.26 Å². The van der Waals surface area contributed by atoms with Crippen molar-refractivity contribution in [3.05, 3.63) is 11.8 Å². The first-order valence-electron chi connectivity index (χ1n) is 5.14. The van der Waals surface area contributed by atoms with Gasteiger partial charge in [-0.1, -0.05) is 6.08 Å². The van der Waals surface area contributed by atoms with Gasteiger partial charge in [0.25, 0.3) is 0 Å². The van der Waals surface area contributed by atoms with E-state index in [-0.39, 0.29) is 5.84 Å². The molecule has 4 nitrogen and oxygen atoms in total. The number of nitriles is 1. The molecule has 4 heteroatoms. The van der Waals surface area contributed by atoms with Crippen LogP contribution in [0.25, 0.3) is 0 Å². The summed E-state index contributed by atoms with van der Waals surface area (Å²) >= 11 is 0. The summed E-state index contributed by atoms with van der Waals surface area (Å²) < 4.78 is 0. The normalized spacial score (nSPS) is 19.7. The van der Waals surface area contributed by atoms with Gasteiger partial charge in [-0.3, -0.25) is 0 Å². The molecule has 0 bridgehead atoms. The summed E-state index contributed by atoms with van der Waals surface area (Å²) in [7, 11) is 0. The Morgan fingerprint density at radius 2 is 2.20 bits per heavy atom. The van der Waals surface area contributed by atoms with Crippen LogP contribution in [0.2, 0.25) is 0 Å². The summed E-state index contributed by atoms with van der Waals surface area (Å²) in [4.78, 5) is 7.79. The molecule has 1 fully saturated rings. The molecule has 0 unspecified atom stereocenters. The Balaban J connectivity index is 2.76. The molecule has 1 aliphatic heterocycles. The van der Waals surface area contributed by atoms with Crippen molar-refractivity contribution in [2.24, 2.45) is 15.9 Å². The number of nitrogens with one attached hydrogen (secondary N) is 1. The molecule has 0 radical (unpaired) electrons.